The predicted octanol–water partition coefficient (Wildman–Crippen LogP) is 2.10. The van der Waals surface area contributed by atoms with Crippen molar-refractivity contribution in [1.82, 2.24) is 5.32 Å². The molecule has 0 bridgehead atoms. The van der Waals surface area contributed by atoms with E-state index in [4.69, 9.17) is 4.74 Å². The zero-order valence-corrected chi connectivity index (χ0v) is 8.80. The van der Waals surface area contributed by atoms with E-state index in [9.17, 15) is 8.78 Å². The van der Waals surface area contributed by atoms with Gasteiger partial charge in [-0.15, -0.1) is 0 Å². The first-order chi connectivity index (χ1) is 7.67. The summed E-state index contributed by atoms with van der Waals surface area (Å²) in [5.74, 6) is -1.26. The van der Waals surface area contributed by atoms with Gasteiger partial charge in [-0.3, -0.25) is 0 Å². The summed E-state index contributed by atoms with van der Waals surface area (Å²) < 4.78 is 31.2. The Morgan fingerprint density at radius 1 is 1.19 bits per heavy atom. The Hall–Kier alpha value is -1.16. The number of halogens is 2. The third kappa shape index (κ3) is 1.57. The second-order valence-electron chi connectivity index (χ2n) is 4.83. The molecular weight excluding hydrogens is 212 g/mol. The number of benzene rings is 1. The van der Waals surface area contributed by atoms with Crippen LogP contribution < -0.4 is 10.1 Å². The lowest BCUT2D eigenvalue weighted by Crippen LogP contribution is -2.62. The monoisotopic (exact) mass is 225 g/mol. The van der Waals surface area contributed by atoms with Gasteiger partial charge in [-0.25, -0.2) is 8.78 Å². The van der Waals surface area contributed by atoms with Crippen LogP contribution in [0.2, 0.25) is 0 Å². The highest BCUT2D eigenvalue weighted by Crippen LogP contribution is 2.45. The van der Waals surface area contributed by atoms with Crippen LogP contribution in [0.5, 0.6) is 5.75 Å². The van der Waals surface area contributed by atoms with Gasteiger partial charge in [-0.1, -0.05) is 0 Å². The van der Waals surface area contributed by atoms with Crippen LogP contribution in [0.25, 0.3) is 0 Å². The van der Waals surface area contributed by atoms with Gasteiger partial charge in [0.05, 0.1) is 6.10 Å². The normalized spacial score (nSPS) is 22.6. The summed E-state index contributed by atoms with van der Waals surface area (Å²) in [5, 5.41) is 3.24. The van der Waals surface area contributed by atoms with E-state index in [2.05, 4.69) is 5.32 Å². The summed E-state index contributed by atoms with van der Waals surface area (Å²) >= 11 is 0. The van der Waals surface area contributed by atoms with Crippen LogP contribution in [-0.4, -0.2) is 19.2 Å². The van der Waals surface area contributed by atoms with Gasteiger partial charge < -0.3 is 10.1 Å². The molecule has 16 heavy (non-hydrogen) atoms. The zero-order chi connectivity index (χ0) is 11.2. The maximum Gasteiger partial charge on any atom is 0.162 e. The number of hydrogen-bond acceptors (Lipinski definition) is 2. The Balaban J connectivity index is 1.60. The van der Waals surface area contributed by atoms with E-state index in [1.54, 1.807) is 0 Å². The fraction of sp³-hybridized carbons (Fsp3) is 0.500. The molecule has 86 valence electrons. The fourth-order valence-electron chi connectivity index (χ4n) is 2.50. The third-order valence-corrected chi connectivity index (χ3v) is 3.52. The molecule has 0 amide bonds. The molecule has 1 aromatic rings. The number of rotatable bonds is 2. The standard InChI is InChI=1S/C12H13F2NO/c13-10-2-1-8(3-11(10)14)16-9-4-12(5-9)6-15-7-12/h1-3,9,15H,4-7H2. The minimum absolute atomic E-state index is 0.159. The fourth-order valence-corrected chi connectivity index (χ4v) is 2.50. The first-order valence-corrected chi connectivity index (χ1v) is 5.49. The van der Waals surface area contributed by atoms with Gasteiger partial charge in [0.25, 0.3) is 0 Å². The molecule has 3 rings (SSSR count). The van der Waals surface area contributed by atoms with E-state index in [0.29, 0.717) is 11.2 Å². The van der Waals surface area contributed by atoms with E-state index in [1.165, 1.54) is 6.07 Å². The molecule has 1 aliphatic carbocycles. The highest BCUT2D eigenvalue weighted by Gasteiger charge is 2.49. The van der Waals surface area contributed by atoms with Gasteiger partial charge in [-0.2, -0.15) is 0 Å². The Morgan fingerprint density at radius 2 is 1.94 bits per heavy atom. The average Bonchev–Trinajstić information content (AvgIpc) is 2.13. The number of hydrogen-bond donors (Lipinski definition) is 1. The molecule has 1 N–H and O–H groups in total. The van der Waals surface area contributed by atoms with Crippen molar-refractivity contribution in [1.29, 1.82) is 0 Å². The molecule has 1 aromatic carbocycles. The van der Waals surface area contributed by atoms with E-state index in [-0.39, 0.29) is 6.10 Å². The number of nitrogens with one attached hydrogen (secondary N) is 1. The molecule has 0 atom stereocenters. The van der Waals surface area contributed by atoms with Gasteiger partial charge in [0.15, 0.2) is 11.6 Å². The van der Waals surface area contributed by atoms with E-state index in [1.807, 2.05) is 0 Å². The van der Waals surface area contributed by atoms with Crippen LogP contribution in [0.4, 0.5) is 8.78 Å². The van der Waals surface area contributed by atoms with Crippen LogP contribution in [0.3, 0.4) is 0 Å². The van der Waals surface area contributed by atoms with Crippen molar-refractivity contribution in [2.75, 3.05) is 13.1 Å². The Kier molecular flexibility index (Phi) is 2.14. The molecule has 0 aromatic heterocycles. The highest BCUT2D eigenvalue weighted by atomic mass is 19.2. The van der Waals surface area contributed by atoms with Crippen molar-refractivity contribution < 1.29 is 13.5 Å². The van der Waals surface area contributed by atoms with Crippen molar-refractivity contribution in [2.24, 2.45) is 5.41 Å². The zero-order valence-electron chi connectivity index (χ0n) is 8.80. The molecule has 4 heteroatoms. The summed E-state index contributed by atoms with van der Waals surface area (Å²) in [6, 6.07) is 3.69. The van der Waals surface area contributed by atoms with Crippen molar-refractivity contribution in [3.63, 3.8) is 0 Å². The van der Waals surface area contributed by atoms with Crippen LogP contribution in [-0.2, 0) is 0 Å². The molecule has 1 saturated heterocycles. The van der Waals surface area contributed by atoms with Gasteiger partial charge in [0.2, 0.25) is 0 Å². The molecule has 1 heterocycles. The summed E-state index contributed by atoms with van der Waals surface area (Å²) in [4.78, 5) is 0. The smallest absolute Gasteiger partial charge is 0.162 e. The average molecular weight is 225 g/mol. The molecule has 2 nitrogen and oxygen atoms in total. The third-order valence-electron chi connectivity index (χ3n) is 3.52. The first-order valence-electron chi connectivity index (χ1n) is 5.49. The van der Waals surface area contributed by atoms with E-state index in [0.717, 1.165) is 38.1 Å². The van der Waals surface area contributed by atoms with E-state index < -0.39 is 11.6 Å². The summed E-state index contributed by atoms with van der Waals surface area (Å²) in [7, 11) is 0. The van der Waals surface area contributed by atoms with Crippen LogP contribution >= 0.6 is 0 Å². The molecule has 0 unspecified atom stereocenters. The predicted molar refractivity (Wildman–Crippen MR) is 55.3 cm³/mol. The minimum Gasteiger partial charge on any atom is -0.490 e. The SMILES string of the molecule is Fc1ccc(OC2CC3(CNC3)C2)cc1F. The molecule has 2 fully saturated rings. The van der Waals surface area contributed by atoms with Crippen LogP contribution in [0, 0.1) is 17.0 Å². The Morgan fingerprint density at radius 3 is 2.50 bits per heavy atom. The Labute approximate surface area is 92.6 Å². The highest BCUT2D eigenvalue weighted by molar-refractivity contribution is 5.24. The van der Waals surface area contributed by atoms with Gasteiger partial charge in [0, 0.05) is 24.6 Å². The summed E-state index contributed by atoms with van der Waals surface area (Å²) in [6.07, 6.45) is 2.19. The largest absolute Gasteiger partial charge is 0.490 e. The second-order valence-corrected chi connectivity index (χ2v) is 4.83. The molecule has 1 saturated carbocycles. The first kappa shape index (κ1) is 10.0. The second kappa shape index (κ2) is 3.42. The summed E-state index contributed by atoms with van der Waals surface area (Å²) in [6.45, 7) is 2.12. The minimum atomic E-state index is -0.850. The van der Waals surface area contributed by atoms with Gasteiger partial charge in [-0.05, 0) is 25.0 Å². The number of ether oxygens (including phenoxy) is 1. The summed E-state index contributed by atoms with van der Waals surface area (Å²) in [5.41, 5.74) is 0.434. The maximum atomic E-state index is 12.9. The lowest BCUT2D eigenvalue weighted by atomic mass is 9.63. The van der Waals surface area contributed by atoms with Gasteiger partial charge >= 0.3 is 0 Å². The molecular formula is C12H13F2NO. The Bertz CT molecular complexity index is 409. The van der Waals surface area contributed by atoms with Crippen LogP contribution in [0.15, 0.2) is 18.2 Å². The topological polar surface area (TPSA) is 21.3 Å². The maximum absolute atomic E-state index is 12.9. The van der Waals surface area contributed by atoms with Crippen LogP contribution in [0.1, 0.15) is 12.8 Å². The van der Waals surface area contributed by atoms with Gasteiger partial charge in [0.1, 0.15) is 5.75 Å². The van der Waals surface area contributed by atoms with Crippen molar-refractivity contribution >= 4 is 0 Å². The molecule has 0 radical (unpaired) electrons. The van der Waals surface area contributed by atoms with E-state index >= 15 is 0 Å². The molecule has 2 aliphatic rings. The molecule has 1 aliphatic heterocycles. The van der Waals surface area contributed by atoms with Crippen molar-refractivity contribution in [3.8, 4) is 5.75 Å². The quantitative estimate of drug-likeness (QED) is 0.832. The molecule has 1 spiro atoms. The lowest BCUT2D eigenvalue weighted by molar-refractivity contribution is -0.0496. The lowest BCUT2D eigenvalue weighted by Gasteiger charge is -2.53. The van der Waals surface area contributed by atoms with Crippen molar-refractivity contribution in [3.05, 3.63) is 29.8 Å². The van der Waals surface area contributed by atoms with Crippen molar-refractivity contribution in [2.45, 2.75) is 18.9 Å².